The van der Waals surface area contributed by atoms with Gasteiger partial charge in [0.25, 0.3) is 5.91 Å². The van der Waals surface area contributed by atoms with Gasteiger partial charge in [0.05, 0.1) is 6.54 Å². The van der Waals surface area contributed by atoms with Crippen LogP contribution in [0, 0.1) is 3.57 Å². The Morgan fingerprint density at radius 2 is 1.83 bits per heavy atom. The highest BCUT2D eigenvalue weighted by Gasteiger charge is 2.11. The van der Waals surface area contributed by atoms with Gasteiger partial charge in [0, 0.05) is 19.7 Å². The average molecular weight is 440 g/mol. The Kier molecular flexibility index (Phi) is 4.92. The molecule has 0 spiro atoms. The molecule has 0 aliphatic rings. The van der Waals surface area contributed by atoms with Gasteiger partial charge >= 0.3 is 0 Å². The van der Waals surface area contributed by atoms with Crippen molar-refractivity contribution in [2.24, 2.45) is 0 Å². The molecule has 0 fully saturated rings. The van der Waals surface area contributed by atoms with Gasteiger partial charge in [-0.15, -0.1) is 0 Å². The van der Waals surface area contributed by atoms with Crippen LogP contribution in [0.25, 0.3) is 11.4 Å². The zero-order chi connectivity index (χ0) is 16.2. The van der Waals surface area contributed by atoms with Gasteiger partial charge in [-0.3, -0.25) is 4.79 Å². The highest BCUT2D eigenvalue weighted by Crippen LogP contribution is 2.18. The maximum absolute atomic E-state index is 12.0. The molecule has 23 heavy (non-hydrogen) atoms. The minimum atomic E-state index is -0.187. The fourth-order valence-electron chi connectivity index (χ4n) is 1.90. The van der Waals surface area contributed by atoms with E-state index < -0.39 is 0 Å². The van der Waals surface area contributed by atoms with Crippen LogP contribution in [0.2, 0.25) is 5.02 Å². The van der Waals surface area contributed by atoms with Gasteiger partial charge in [0.1, 0.15) is 0 Å². The second-order valence-electron chi connectivity index (χ2n) is 4.71. The van der Waals surface area contributed by atoms with E-state index in [0.717, 1.165) is 9.13 Å². The van der Waals surface area contributed by atoms with Crippen molar-refractivity contribution in [2.75, 3.05) is 0 Å². The highest BCUT2D eigenvalue weighted by atomic mass is 127. The molecule has 7 heteroatoms. The Morgan fingerprint density at radius 1 is 1.13 bits per heavy atom. The number of halogens is 2. The largest absolute Gasteiger partial charge is 0.343 e. The summed E-state index contributed by atoms with van der Waals surface area (Å²) in [5.41, 5.74) is 1.39. The summed E-state index contributed by atoms with van der Waals surface area (Å²) in [6.07, 6.45) is 0. The molecular formula is C16H11ClIN3O2. The fraction of sp³-hybridized carbons (Fsp3) is 0.0625. The molecule has 116 valence electrons. The summed E-state index contributed by atoms with van der Waals surface area (Å²) >= 11 is 8.03. The van der Waals surface area contributed by atoms with E-state index in [0.29, 0.717) is 22.3 Å². The molecular weight excluding hydrogens is 429 g/mol. The second kappa shape index (κ2) is 7.10. The molecule has 0 unspecified atom stereocenters. The lowest BCUT2D eigenvalue weighted by atomic mass is 10.2. The summed E-state index contributed by atoms with van der Waals surface area (Å²) in [4.78, 5) is 16.3. The number of amides is 1. The van der Waals surface area contributed by atoms with Gasteiger partial charge in [0.15, 0.2) is 0 Å². The van der Waals surface area contributed by atoms with E-state index in [4.69, 9.17) is 16.1 Å². The van der Waals surface area contributed by atoms with E-state index in [1.54, 1.807) is 36.4 Å². The van der Waals surface area contributed by atoms with Gasteiger partial charge in [-0.1, -0.05) is 16.8 Å². The van der Waals surface area contributed by atoms with Crippen LogP contribution in [0.15, 0.2) is 53.1 Å². The molecule has 3 rings (SSSR count). The first-order chi connectivity index (χ1) is 11.1. The molecule has 0 bridgehead atoms. The van der Waals surface area contributed by atoms with E-state index in [1.165, 1.54) is 0 Å². The maximum Gasteiger partial charge on any atom is 0.251 e. The molecule has 0 atom stereocenters. The van der Waals surface area contributed by atoms with Crippen LogP contribution in [0.5, 0.6) is 0 Å². The number of aromatic nitrogens is 2. The summed E-state index contributed by atoms with van der Waals surface area (Å²) in [6.45, 7) is 0.172. The van der Waals surface area contributed by atoms with E-state index in [-0.39, 0.29) is 12.5 Å². The molecule has 0 radical (unpaired) electrons. The molecule has 0 saturated heterocycles. The first-order valence-corrected chi connectivity index (χ1v) is 8.20. The number of carbonyl (C=O) groups is 1. The first-order valence-electron chi connectivity index (χ1n) is 6.74. The van der Waals surface area contributed by atoms with Crippen LogP contribution in [0.3, 0.4) is 0 Å². The number of hydrogen-bond acceptors (Lipinski definition) is 4. The van der Waals surface area contributed by atoms with Crippen LogP contribution in [0.1, 0.15) is 16.2 Å². The summed E-state index contributed by atoms with van der Waals surface area (Å²) in [5.74, 6) is 0.613. The van der Waals surface area contributed by atoms with Crippen molar-refractivity contribution < 1.29 is 9.32 Å². The normalized spacial score (nSPS) is 10.5. The summed E-state index contributed by atoms with van der Waals surface area (Å²) < 4.78 is 6.22. The van der Waals surface area contributed by atoms with Crippen molar-refractivity contribution in [3.05, 3.63) is 68.6 Å². The molecule has 1 heterocycles. The van der Waals surface area contributed by atoms with Gasteiger partial charge in [-0.2, -0.15) is 4.98 Å². The third-order valence-corrected chi connectivity index (χ3v) is 4.05. The Morgan fingerprint density at radius 3 is 2.52 bits per heavy atom. The van der Waals surface area contributed by atoms with Crippen molar-refractivity contribution in [3.63, 3.8) is 0 Å². The topological polar surface area (TPSA) is 68.0 Å². The van der Waals surface area contributed by atoms with E-state index in [9.17, 15) is 4.79 Å². The predicted octanol–water partition coefficient (Wildman–Crippen LogP) is 3.92. The van der Waals surface area contributed by atoms with Crippen molar-refractivity contribution in [1.29, 1.82) is 0 Å². The summed E-state index contributed by atoms with van der Waals surface area (Å²) in [7, 11) is 0. The van der Waals surface area contributed by atoms with Crippen molar-refractivity contribution >= 4 is 40.1 Å². The predicted molar refractivity (Wildman–Crippen MR) is 95.1 cm³/mol. The van der Waals surface area contributed by atoms with Gasteiger partial charge < -0.3 is 9.84 Å². The molecule has 0 aliphatic carbocycles. The summed E-state index contributed by atoms with van der Waals surface area (Å²) in [5, 5.41) is 7.29. The lowest BCUT2D eigenvalue weighted by Gasteiger charge is -2.02. The number of nitrogens with one attached hydrogen (secondary N) is 1. The third-order valence-electron chi connectivity index (χ3n) is 3.08. The zero-order valence-electron chi connectivity index (χ0n) is 11.8. The molecule has 1 aromatic heterocycles. The van der Waals surface area contributed by atoms with Crippen molar-refractivity contribution in [3.8, 4) is 11.4 Å². The highest BCUT2D eigenvalue weighted by molar-refractivity contribution is 14.1. The third kappa shape index (κ3) is 4.08. The number of nitrogens with zero attached hydrogens (tertiary/aromatic N) is 2. The standard InChI is InChI=1S/C16H11ClIN3O2/c17-12-5-1-10(2-6-12)15-20-14(23-21-15)9-19-16(22)11-3-7-13(18)8-4-11/h1-8H,9H2,(H,19,22). The lowest BCUT2D eigenvalue weighted by molar-refractivity contribution is 0.0946. The molecule has 5 nitrogen and oxygen atoms in total. The van der Waals surface area contributed by atoms with Gasteiger partial charge in [0.2, 0.25) is 11.7 Å². The zero-order valence-corrected chi connectivity index (χ0v) is 14.7. The molecule has 2 aromatic carbocycles. The van der Waals surface area contributed by atoms with Crippen molar-refractivity contribution in [1.82, 2.24) is 15.5 Å². The Balaban J connectivity index is 1.64. The van der Waals surface area contributed by atoms with Crippen LogP contribution in [-0.2, 0) is 6.54 Å². The smallest absolute Gasteiger partial charge is 0.251 e. The van der Waals surface area contributed by atoms with Crippen LogP contribution in [0.4, 0.5) is 0 Å². The number of benzene rings is 2. The van der Waals surface area contributed by atoms with Crippen LogP contribution >= 0.6 is 34.2 Å². The minimum absolute atomic E-state index is 0.172. The Bertz CT molecular complexity index is 816. The second-order valence-corrected chi connectivity index (χ2v) is 6.39. The number of carbonyl (C=O) groups excluding carboxylic acids is 1. The Hall–Kier alpha value is -1.93. The minimum Gasteiger partial charge on any atom is -0.343 e. The van der Waals surface area contributed by atoms with Gasteiger partial charge in [-0.05, 0) is 71.1 Å². The SMILES string of the molecule is O=C(NCc1nc(-c2ccc(Cl)cc2)no1)c1ccc(I)cc1. The summed E-state index contributed by atoms with van der Waals surface area (Å²) in [6, 6.07) is 14.4. The monoisotopic (exact) mass is 439 g/mol. The first kappa shape index (κ1) is 15.9. The van der Waals surface area contributed by atoms with E-state index in [1.807, 2.05) is 12.1 Å². The molecule has 0 saturated carbocycles. The van der Waals surface area contributed by atoms with Gasteiger partial charge in [-0.25, -0.2) is 0 Å². The molecule has 1 amide bonds. The quantitative estimate of drug-likeness (QED) is 0.626. The van der Waals surface area contributed by atoms with E-state index in [2.05, 4.69) is 38.0 Å². The van der Waals surface area contributed by atoms with Crippen molar-refractivity contribution in [2.45, 2.75) is 6.54 Å². The number of rotatable bonds is 4. The fourth-order valence-corrected chi connectivity index (χ4v) is 2.39. The van der Waals surface area contributed by atoms with Crippen LogP contribution in [-0.4, -0.2) is 16.0 Å². The molecule has 3 aromatic rings. The molecule has 0 aliphatic heterocycles. The van der Waals surface area contributed by atoms with E-state index >= 15 is 0 Å². The molecule has 1 N–H and O–H groups in total. The lowest BCUT2D eigenvalue weighted by Crippen LogP contribution is -2.22. The average Bonchev–Trinajstić information content (AvgIpc) is 3.03. The maximum atomic E-state index is 12.0. The Labute approximate surface area is 151 Å². The number of hydrogen-bond donors (Lipinski definition) is 1. The van der Waals surface area contributed by atoms with Crippen LogP contribution < -0.4 is 5.32 Å².